The summed E-state index contributed by atoms with van der Waals surface area (Å²) in [7, 11) is 0. The van der Waals surface area contributed by atoms with Crippen LogP contribution in [0.2, 0.25) is 0 Å². The molecule has 1 unspecified atom stereocenters. The molecular formula is C14H15F2N3O2. The van der Waals surface area contributed by atoms with Crippen LogP contribution in [0.1, 0.15) is 23.8 Å². The minimum atomic E-state index is -0.765. The third kappa shape index (κ3) is 3.43. The highest BCUT2D eigenvalue weighted by molar-refractivity contribution is 5.92. The molecule has 2 N–H and O–H groups in total. The predicted octanol–water partition coefficient (Wildman–Crippen LogP) is 1.65. The molecule has 0 radical (unpaired) electrons. The minimum absolute atomic E-state index is 0.0439. The smallest absolute Gasteiger partial charge is 0.271 e. The van der Waals surface area contributed by atoms with E-state index in [2.05, 4.69) is 10.4 Å². The lowest BCUT2D eigenvalue weighted by atomic mass is 10.2. The maximum atomic E-state index is 13.6. The summed E-state index contributed by atoms with van der Waals surface area (Å²) in [4.78, 5) is 11.9. The monoisotopic (exact) mass is 295 g/mol. The van der Waals surface area contributed by atoms with Gasteiger partial charge in [-0.05, 0) is 31.5 Å². The highest BCUT2D eigenvalue weighted by Gasteiger charge is 2.16. The summed E-state index contributed by atoms with van der Waals surface area (Å²) in [6.07, 6.45) is 1.72. The Morgan fingerprint density at radius 3 is 2.67 bits per heavy atom. The van der Waals surface area contributed by atoms with E-state index >= 15 is 0 Å². The molecule has 1 amide bonds. The molecule has 1 aromatic heterocycles. The largest absolute Gasteiger partial charge is 0.396 e. The highest BCUT2D eigenvalue weighted by atomic mass is 19.1. The van der Waals surface area contributed by atoms with Gasteiger partial charge in [0.1, 0.15) is 5.69 Å². The first-order valence-corrected chi connectivity index (χ1v) is 6.44. The summed E-state index contributed by atoms with van der Waals surface area (Å²) in [6, 6.07) is 4.62. The molecule has 2 aromatic rings. The first-order chi connectivity index (χ1) is 10.0. The van der Waals surface area contributed by atoms with Crippen molar-refractivity contribution in [2.75, 3.05) is 6.61 Å². The molecule has 0 aliphatic carbocycles. The summed E-state index contributed by atoms with van der Waals surface area (Å²) in [5.41, 5.74) is -0.289. The molecule has 21 heavy (non-hydrogen) atoms. The van der Waals surface area contributed by atoms with Crippen LogP contribution in [0.15, 0.2) is 30.5 Å². The van der Waals surface area contributed by atoms with Gasteiger partial charge in [0.15, 0.2) is 17.3 Å². The van der Waals surface area contributed by atoms with E-state index in [1.165, 1.54) is 18.3 Å². The van der Waals surface area contributed by atoms with E-state index in [0.29, 0.717) is 6.42 Å². The van der Waals surface area contributed by atoms with Gasteiger partial charge >= 0.3 is 0 Å². The molecular weight excluding hydrogens is 280 g/mol. The number of nitrogens with zero attached hydrogens (tertiary/aromatic N) is 2. The van der Waals surface area contributed by atoms with Crippen molar-refractivity contribution >= 4 is 5.91 Å². The van der Waals surface area contributed by atoms with E-state index in [1.807, 2.05) is 0 Å². The van der Waals surface area contributed by atoms with Crippen LogP contribution in [0.5, 0.6) is 0 Å². The third-order valence-corrected chi connectivity index (χ3v) is 2.93. The zero-order valence-corrected chi connectivity index (χ0v) is 11.4. The molecule has 112 valence electrons. The van der Waals surface area contributed by atoms with Crippen LogP contribution in [0.3, 0.4) is 0 Å². The minimum Gasteiger partial charge on any atom is -0.396 e. The molecule has 0 saturated carbocycles. The third-order valence-electron chi connectivity index (χ3n) is 2.93. The molecule has 1 atom stereocenters. The standard InChI is InChI=1S/C14H15F2N3O2/c1-9(6-8-20)17-14(21)12-5-7-19(18-12)13-10(15)3-2-4-11(13)16/h2-5,7,9,20H,6,8H2,1H3,(H,17,21). The molecule has 0 saturated heterocycles. The second kappa shape index (κ2) is 6.45. The van der Waals surface area contributed by atoms with E-state index < -0.39 is 17.5 Å². The number of benzene rings is 1. The molecule has 0 fully saturated rings. The summed E-state index contributed by atoms with van der Waals surface area (Å²) in [6.45, 7) is 1.69. The van der Waals surface area contributed by atoms with E-state index in [9.17, 15) is 13.6 Å². The van der Waals surface area contributed by atoms with Crippen molar-refractivity contribution in [3.63, 3.8) is 0 Å². The highest BCUT2D eigenvalue weighted by Crippen LogP contribution is 2.16. The number of rotatable bonds is 5. The van der Waals surface area contributed by atoms with Gasteiger partial charge in [0.25, 0.3) is 5.91 Å². The Kier molecular flexibility index (Phi) is 4.64. The fourth-order valence-corrected chi connectivity index (χ4v) is 1.84. The number of aliphatic hydroxyl groups is 1. The fourth-order valence-electron chi connectivity index (χ4n) is 1.84. The topological polar surface area (TPSA) is 67.2 Å². The number of carbonyl (C=O) groups is 1. The number of aliphatic hydroxyl groups excluding tert-OH is 1. The van der Waals surface area contributed by atoms with Crippen LogP contribution in [0.25, 0.3) is 5.69 Å². The van der Waals surface area contributed by atoms with Gasteiger partial charge < -0.3 is 10.4 Å². The van der Waals surface area contributed by atoms with Crippen LogP contribution < -0.4 is 5.32 Å². The lowest BCUT2D eigenvalue weighted by molar-refractivity contribution is 0.0929. The summed E-state index contributed by atoms with van der Waals surface area (Å²) in [5, 5.41) is 15.3. The van der Waals surface area contributed by atoms with Crippen molar-refractivity contribution in [3.05, 3.63) is 47.8 Å². The average Bonchev–Trinajstić information content (AvgIpc) is 2.88. The fraction of sp³-hybridized carbons (Fsp3) is 0.286. The number of hydrogen-bond donors (Lipinski definition) is 2. The van der Waals surface area contributed by atoms with Gasteiger partial charge in [-0.15, -0.1) is 0 Å². The second-order valence-corrected chi connectivity index (χ2v) is 4.60. The van der Waals surface area contributed by atoms with Crippen LogP contribution in [-0.4, -0.2) is 33.4 Å². The summed E-state index contributed by atoms with van der Waals surface area (Å²) >= 11 is 0. The van der Waals surface area contributed by atoms with Crippen LogP contribution in [0.4, 0.5) is 8.78 Å². The number of halogens is 2. The Morgan fingerprint density at radius 1 is 1.38 bits per heavy atom. The van der Waals surface area contributed by atoms with Crippen molar-refractivity contribution in [2.24, 2.45) is 0 Å². The molecule has 1 heterocycles. The Hall–Kier alpha value is -2.28. The number of aromatic nitrogens is 2. The van der Waals surface area contributed by atoms with Gasteiger partial charge in [-0.2, -0.15) is 5.10 Å². The molecule has 0 spiro atoms. The van der Waals surface area contributed by atoms with Gasteiger partial charge in [-0.3, -0.25) is 4.79 Å². The number of carbonyl (C=O) groups excluding carboxylic acids is 1. The van der Waals surface area contributed by atoms with E-state index in [1.54, 1.807) is 6.92 Å². The van der Waals surface area contributed by atoms with Gasteiger partial charge in [0, 0.05) is 18.8 Å². The van der Waals surface area contributed by atoms with Crippen LogP contribution >= 0.6 is 0 Å². The SMILES string of the molecule is CC(CCO)NC(=O)c1ccn(-c2c(F)cccc2F)n1. The molecule has 2 rings (SSSR count). The van der Waals surface area contributed by atoms with Crippen LogP contribution in [-0.2, 0) is 0 Å². The number of nitrogens with one attached hydrogen (secondary N) is 1. The molecule has 7 heteroatoms. The zero-order valence-electron chi connectivity index (χ0n) is 11.4. The second-order valence-electron chi connectivity index (χ2n) is 4.60. The molecule has 5 nitrogen and oxygen atoms in total. The predicted molar refractivity (Wildman–Crippen MR) is 72.1 cm³/mol. The number of amides is 1. The number of para-hydroxylation sites is 1. The van der Waals surface area contributed by atoms with Crippen molar-refractivity contribution < 1.29 is 18.7 Å². The van der Waals surface area contributed by atoms with Crippen LogP contribution in [0, 0.1) is 11.6 Å². The number of hydrogen-bond acceptors (Lipinski definition) is 3. The van der Waals surface area contributed by atoms with Gasteiger partial charge in [-0.1, -0.05) is 6.07 Å². The Labute approximate surface area is 120 Å². The van der Waals surface area contributed by atoms with Crippen molar-refractivity contribution in [1.29, 1.82) is 0 Å². The van der Waals surface area contributed by atoms with E-state index in [-0.39, 0.29) is 24.0 Å². The first-order valence-electron chi connectivity index (χ1n) is 6.44. The molecule has 1 aromatic carbocycles. The molecule has 0 aliphatic rings. The zero-order chi connectivity index (χ0) is 15.4. The molecule has 0 bridgehead atoms. The Morgan fingerprint density at radius 2 is 2.05 bits per heavy atom. The lowest BCUT2D eigenvalue weighted by Crippen LogP contribution is -2.33. The Bertz CT molecular complexity index is 623. The van der Waals surface area contributed by atoms with Crippen molar-refractivity contribution in [3.8, 4) is 5.69 Å². The normalized spacial score (nSPS) is 12.2. The van der Waals surface area contributed by atoms with Gasteiger partial charge in [-0.25, -0.2) is 13.5 Å². The van der Waals surface area contributed by atoms with Gasteiger partial charge in [0.2, 0.25) is 0 Å². The summed E-state index contributed by atoms with van der Waals surface area (Å²) in [5.74, 6) is -2.00. The maximum Gasteiger partial charge on any atom is 0.271 e. The summed E-state index contributed by atoms with van der Waals surface area (Å²) < 4.78 is 28.2. The van der Waals surface area contributed by atoms with E-state index in [4.69, 9.17) is 5.11 Å². The van der Waals surface area contributed by atoms with E-state index in [0.717, 1.165) is 16.8 Å². The van der Waals surface area contributed by atoms with Gasteiger partial charge in [0.05, 0.1) is 0 Å². The van der Waals surface area contributed by atoms with Crippen molar-refractivity contribution in [2.45, 2.75) is 19.4 Å². The quantitative estimate of drug-likeness (QED) is 0.881. The van der Waals surface area contributed by atoms with Crippen molar-refractivity contribution in [1.82, 2.24) is 15.1 Å². The maximum absolute atomic E-state index is 13.6. The first kappa shape index (κ1) is 15.1. The Balaban J connectivity index is 2.20. The average molecular weight is 295 g/mol. The lowest BCUT2D eigenvalue weighted by Gasteiger charge is -2.10. The molecule has 0 aliphatic heterocycles.